The number of carbonyl (C=O) groups excluding carboxylic acids is 1. The van der Waals surface area contributed by atoms with Crippen molar-refractivity contribution in [3.05, 3.63) is 35.9 Å². The molecular formula is C12H14N2O. The van der Waals surface area contributed by atoms with Crippen LogP contribution in [0.15, 0.2) is 35.4 Å². The number of benzene rings is 1. The van der Waals surface area contributed by atoms with Crippen LogP contribution < -0.4 is 0 Å². The normalized spacial score (nSPS) is 20.2. The predicted molar refractivity (Wildman–Crippen MR) is 59.8 cm³/mol. The Balaban J connectivity index is 2.03. The van der Waals surface area contributed by atoms with E-state index in [9.17, 15) is 4.79 Å². The Kier molecular flexibility index (Phi) is 2.81. The second-order valence-electron chi connectivity index (χ2n) is 3.81. The number of hydrogen-bond donors (Lipinski definition) is 0. The molecule has 1 aromatic rings. The Bertz CT molecular complexity index is 372. The van der Waals surface area contributed by atoms with Crippen molar-refractivity contribution in [2.24, 2.45) is 5.10 Å². The van der Waals surface area contributed by atoms with Crippen molar-refractivity contribution in [2.45, 2.75) is 18.9 Å². The zero-order chi connectivity index (χ0) is 10.7. The van der Waals surface area contributed by atoms with Crippen molar-refractivity contribution < 1.29 is 4.79 Å². The summed E-state index contributed by atoms with van der Waals surface area (Å²) in [6.45, 7) is 0. The van der Waals surface area contributed by atoms with Crippen LogP contribution in [0.2, 0.25) is 0 Å². The quantitative estimate of drug-likeness (QED) is 0.696. The van der Waals surface area contributed by atoms with E-state index in [2.05, 4.69) is 17.2 Å². The summed E-state index contributed by atoms with van der Waals surface area (Å²) in [6.07, 6.45) is 2.56. The van der Waals surface area contributed by atoms with Gasteiger partial charge in [-0.3, -0.25) is 5.01 Å². The van der Waals surface area contributed by atoms with E-state index in [4.69, 9.17) is 0 Å². The van der Waals surface area contributed by atoms with E-state index in [0.29, 0.717) is 0 Å². The summed E-state index contributed by atoms with van der Waals surface area (Å²) in [5, 5.41) is 6.10. The lowest BCUT2D eigenvalue weighted by molar-refractivity contribution is -0.111. The molecule has 1 unspecified atom stereocenters. The molecule has 0 saturated heterocycles. The van der Waals surface area contributed by atoms with Crippen LogP contribution >= 0.6 is 0 Å². The summed E-state index contributed by atoms with van der Waals surface area (Å²) < 4.78 is 0. The van der Waals surface area contributed by atoms with Crippen molar-refractivity contribution in [1.29, 1.82) is 0 Å². The van der Waals surface area contributed by atoms with Crippen LogP contribution in [0.3, 0.4) is 0 Å². The second-order valence-corrected chi connectivity index (χ2v) is 3.81. The number of hydrogen-bond acceptors (Lipinski definition) is 3. The highest BCUT2D eigenvalue weighted by molar-refractivity contribution is 5.90. The molecule has 1 aliphatic heterocycles. The molecule has 0 aliphatic carbocycles. The van der Waals surface area contributed by atoms with Gasteiger partial charge < -0.3 is 4.79 Å². The zero-order valence-electron chi connectivity index (χ0n) is 8.76. The van der Waals surface area contributed by atoms with Gasteiger partial charge in [0.15, 0.2) is 0 Å². The SMILES string of the molecule is CN1N=C(Cc2ccccc2)CC1C=O. The van der Waals surface area contributed by atoms with Gasteiger partial charge in [-0.25, -0.2) is 0 Å². The summed E-state index contributed by atoms with van der Waals surface area (Å²) in [6, 6.07) is 10.1. The molecule has 3 nitrogen and oxygen atoms in total. The fourth-order valence-corrected chi connectivity index (χ4v) is 1.79. The summed E-state index contributed by atoms with van der Waals surface area (Å²) >= 11 is 0. The van der Waals surface area contributed by atoms with Gasteiger partial charge in [0, 0.05) is 25.6 Å². The molecule has 1 aromatic carbocycles. The van der Waals surface area contributed by atoms with Gasteiger partial charge in [0.05, 0.1) is 0 Å². The van der Waals surface area contributed by atoms with Crippen LogP contribution in [0.1, 0.15) is 12.0 Å². The van der Waals surface area contributed by atoms with E-state index < -0.39 is 0 Å². The lowest BCUT2D eigenvalue weighted by Crippen LogP contribution is -2.23. The third-order valence-corrected chi connectivity index (χ3v) is 2.63. The van der Waals surface area contributed by atoms with Crippen molar-refractivity contribution >= 4 is 12.0 Å². The number of aldehydes is 1. The molecule has 0 radical (unpaired) electrons. The van der Waals surface area contributed by atoms with Gasteiger partial charge in [0.1, 0.15) is 12.3 Å². The highest BCUT2D eigenvalue weighted by Gasteiger charge is 2.22. The van der Waals surface area contributed by atoms with Crippen LogP contribution in [0.4, 0.5) is 0 Å². The molecule has 2 rings (SSSR count). The van der Waals surface area contributed by atoms with Crippen LogP contribution in [0.5, 0.6) is 0 Å². The largest absolute Gasteiger partial charge is 0.301 e. The standard InChI is InChI=1S/C12H14N2O/c1-14-12(9-15)8-11(13-14)7-10-5-3-2-4-6-10/h2-6,9,12H,7-8H2,1H3. The predicted octanol–water partition coefficient (Wildman–Crippen LogP) is 1.49. The van der Waals surface area contributed by atoms with Crippen LogP contribution in [0, 0.1) is 0 Å². The third-order valence-electron chi connectivity index (χ3n) is 2.63. The molecule has 0 bridgehead atoms. The molecular weight excluding hydrogens is 188 g/mol. The minimum atomic E-state index is -0.0660. The van der Waals surface area contributed by atoms with E-state index >= 15 is 0 Å². The molecule has 0 saturated carbocycles. The number of rotatable bonds is 3. The zero-order valence-corrected chi connectivity index (χ0v) is 8.76. The Morgan fingerprint density at radius 2 is 2.20 bits per heavy atom. The monoisotopic (exact) mass is 202 g/mol. The lowest BCUT2D eigenvalue weighted by Gasteiger charge is -2.10. The number of carbonyl (C=O) groups is 1. The first kappa shape index (κ1) is 9.90. The van der Waals surface area contributed by atoms with Crippen LogP contribution in [-0.4, -0.2) is 30.1 Å². The van der Waals surface area contributed by atoms with Gasteiger partial charge >= 0.3 is 0 Å². The van der Waals surface area contributed by atoms with Gasteiger partial charge in [-0.15, -0.1) is 0 Å². The highest BCUT2D eigenvalue weighted by atomic mass is 16.1. The van der Waals surface area contributed by atoms with Gasteiger partial charge in [-0.05, 0) is 5.56 Å². The summed E-state index contributed by atoms with van der Waals surface area (Å²) in [5.41, 5.74) is 2.33. The minimum Gasteiger partial charge on any atom is -0.301 e. The van der Waals surface area contributed by atoms with Gasteiger partial charge in [0.2, 0.25) is 0 Å². The molecule has 1 heterocycles. The van der Waals surface area contributed by atoms with E-state index in [1.807, 2.05) is 25.2 Å². The Hall–Kier alpha value is -1.64. The molecule has 1 atom stereocenters. The number of hydrazone groups is 1. The van der Waals surface area contributed by atoms with E-state index in [0.717, 1.165) is 24.8 Å². The minimum absolute atomic E-state index is 0.0660. The molecule has 0 N–H and O–H groups in total. The van der Waals surface area contributed by atoms with Crippen molar-refractivity contribution in [2.75, 3.05) is 7.05 Å². The third kappa shape index (κ3) is 2.24. The summed E-state index contributed by atoms with van der Waals surface area (Å²) in [4.78, 5) is 10.7. The smallest absolute Gasteiger partial charge is 0.144 e. The Morgan fingerprint density at radius 3 is 2.80 bits per heavy atom. The first-order chi connectivity index (χ1) is 7.29. The van der Waals surface area contributed by atoms with Crippen molar-refractivity contribution in [3.8, 4) is 0 Å². The van der Waals surface area contributed by atoms with Gasteiger partial charge in [0.25, 0.3) is 0 Å². The van der Waals surface area contributed by atoms with Gasteiger partial charge in [-0.2, -0.15) is 5.10 Å². The first-order valence-corrected chi connectivity index (χ1v) is 5.08. The van der Waals surface area contributed by atoms with Crippen LogP contribution in [-0.2, 0) is 11.2 Å². The average Bonchev–Trinajstić information content (AvgIpc) is 2.60. The molecule has 0 fully saturated rings. The fraction of sp³-hybridized carbons (Fsp3) is 0.333. The van der Waals surface area contributed by atoms with E-state index in [1.54, 1.807) is 5.01 Å². The maximum absolute atomic E-state index is 10.7. The fourth-order valence-electron chi connectivity index (χ4n) is 1.79. The average molecular weight is 202 g/mol. The number of likely N-dealkylation sites (N-methyl/N-ethyl adjacent to an activating group) is 1. The second kappa shape index (κ2) is 4.26. The molecule has 15 heavy (non-hydrogen) atoms. The molecule has 1 aliphatic rings. The maximum Gasteiger partial charge on any atom is 0.144 e. The van der Waals surface area contributed by atoms with Gasteiger partial charge in [-0.1, -0.05) is 30.3 Å². The topological polar surface area (TPSA) is 32.7 Å². The van der Waals surface area contributed by atoms with Crippen molar-refractivity contribution in [1.82, 2.24) is 5.01 Å². The summed E-state index contributed by atoms with van der Waals surface area (Å²) in [5.74, 6) is 0. The first-order valence-electron chi connectivity index (χ1n) is 5.08. The molecule has 0 spiro atoms. The van der Waals surface area contributed by atoms with E-state index in [-0.39, 0.29) is 6.04 Å². The molecule has 0 aromatic heterocycles. The van der Waals surface area contributed by atoms with Crippen molar-refractivity contribution in [3.63, 3.8) is 0 Å². The lowest BCUT2D eigenvalue weighted by atomic mass is 10.0. The maximum atomic E-state index is 10.7. The number of nitrogens with zero attached hydrogens (tertiary/aromatic N) is 2. The highest BCUT2D eigenvalue weighted by Crippen LogP contribution is 2.14. The molecule has 78 valence electrons. The summed E-state index contributed by atoms with van der Waals surface area (Å²) in [7, 11) is 1.84. The van der Waals surface area contributed by atoms with E-state index in [1.165, 1.54) is 5.56 Å². The molecule has 3 heteroatoms. The molecule has 0 amide bonds. The Labute approximate surface area is 89.4 Å². The van der Waals surface area contributed by atoms with Crippen LogP contribution in [0.25, 0.3) is 0 Å². The Morgan fingerprint density at radius 1 is 1.47 bits per heavy atom.